The molecule has 142 valence electrons. The zero-order chi connectivity index (χ0) is 19.7. The molecule has 0 saturated heterocycles. The van der Waals surface area contributed by atoms with Gasteiger partial charge < -0.3 is 14.6 Å². The lowest BCUT2D eigenvalue weighted by molar-refractivity contribution is -0.144. The summed E-state index contributed by atoms with van der Waals surface area (Å²) in [5.41, 5.74) is 1.42. The smallest absolute Gasteiger partial charge is 0.344 e. The maximum Gasteiger partial charge on any atom is 0.344 e. The Morgan fingerprint density at radius 3 is 2.71 bits per heavy atom. The molecule has 1 heterocycles. The van der Waals surface area contributed by atoms with Gasteiger partial charge in [-0.3, -0.25) is 9.69 Å². The van der Waals surface area contributed by atoms with Crippen LogP contribution in [0.2, 0.25) is 0 Å². The van der Waals surface area contributed by atoms with Crippen LogP contribution in [0.3, 0.4) is 0 Å². The van der Waals surface area contributed by atoms with E-state index in [1.807, 2.05) is 42.5 Å². The van der Waals surface area contributed by atoms with Crippen LogP contribution in [0.1, 0.15) is 12.5 Å². The first-order valence-corrected chi connectivity index (χ1v) is 8.96. The van der Waals surface area contributed by atoms with Crippen molar-refractivity contribution in [2.24, 2.45) is 0 Å². The zero-order valence-electron chi connectivity index (χ0n) is 15.3. The predicted molar refractivity (Wildman–Crippen MR) is 105 cm³/mol. The second-order valence-corrected chi connectivity index (χ2v) is 6.65. The highest BCUT2D eigenvalue weighted by atomic mass is 16.5. The van der Waals surface area contributed by atoms with E-state index in [0.29, 0.717) is 23.7 Å². The van der Waals surface area contributed by atoms with Gasteiger partial charge in [-0.05, 0) is 41.5 Å². The molecule has 0 saturated carbocycles. The van der Waals surface area contributed by atoms with E-state index >= 15 is 0 Å². The lowest BCUT2D eigenvalue weighted by atomic mass is 10.1. The summed E-state index contributed by atoms with van der Waals surface area (Å²) in [6, 6.07) is 19.2. The van der Waals surface area contributed by atoms with Crippen LogP contribution in [0.4, 0.5) is 5.69 Å². The normalized spacial score (nSPS) is 14.3. The molecule has 0 bridgehead atoms. The third kappa shape index (κ3) is 3.36. The molecule has 1 atom stereocenters. The number of carbonyl (C=O) groups is 2. The number of ether oxygens (including phenoxy) is 2. The number of hydrogen-bond acceptors (Lipinski definition) is 4. The molecule has 1 unspecified atom stereocenters. The molecule has 1 N–H and O–H groups in total. The van der Waals surface area contributed by atoms with Gasteiger partial charge in [0.2, 0.25) is 0 Å². The number of rotatable bonds is 5. The van der Waals surface area contributed by atoms with Crippen LogP contribution < -0.4 is 14.4 Å². The molecule has 0 spiro atoms. The number of para-hydroxylation sites is 1. The van der Waals surface area contributed by atoms with E-state index in [0.717, 1.165) is 16.3 Å². The highest BCUT2D eigenvalue weighted by molar-refractivity contribution is 5.99. The number of carboxylic acid groups (broad SMARTS) is 1. The van der Waals surface area contributed by atoms with Gasteiger partial charge in [0.05, 0.1) is 6.54 Å². The number of nitrogens with zero attached hydrogens (tertiary/aromatic N) is 1. The monoisotopic (exact) mass is 377 g/mol. The SMILES string of the molecule is CC(Oc1cccc2c1N(Cc1ccc3ccccc3c1)C(=O)CO2)C(=O)O. The first-order chi connectivity index (χ1) is 13.5. The van der Waals surface area contributed by atoms with Crippen molar-refractivity contribution in [2.75, 3.05) is 11.5 Å². The van der Waals surface area contributed by atoms with E-state index in [1.54, 1.807) is 23.1 Å². The molecule has 0 aliphatic carbocycles. The quantitative estimate of drug-likeness (QED) is 0.735. The van der Waals surface area contributed by atoms with Crippen molar-refractivity contribution in [3.8, 4) is 11.5 Å². The highest BCUT2D eigenvalue weighted by Gasteiger charge is 2.30. The van der Waals surface area contributed by atoms with Crippen molar-refractivity contribution in [3.63, 3.8) is 0 Å². The van der Waals surface area contributed by atoms with E-state index in [1.165, 1.54) is 6.92 Å². The summed E-state index contributed by atoms with van der Waals surface area (Å²) >= 11 is 0. The van der Waals surface area contributed by atoms with E-state index in [4.69, 9.17) is 14.6 Å². The van der Waals surface area contributed by atoms with Crippen LogP contribution in [0.25, 0.3) is 10.8 Å². The zero-order valence-corrected chi connectivity index (χ0v) is 15.3. The lowest BCUT2D eigenvalue weighted by Crippen LogP contribution is -2.39. The molecular formula is C22H19NO5. The van der Waals surface area contributed by atoms with Crippen LogP contribution in [-0.4, -0.2) is 29.7 Å². The van der Waals surface area contributed by atoms with Crippen LogP contribution in [-0.2, 0) is 16.1 Å². The van der Waals surface area contributed by atoms with Crippen molar-refractivity contribution in [2.45, 2.75) is 19.6 Å². The molecule has 4 rings (SSSR count). The van der Waals surface area contributed by atoms with Gasteiger partial charge in [-0.2, -0.15) is 0 Å². The van der Waals surface area contributed by atoms with Gasteiger partial charge in [0.1, 0.15) is 17.2 Å². The number of carboxylic acids is 1. The van der Waals surface area contributed by atoms with Gasteiger partial charge in [0.25, 0.3) is 5.91 Å². The van der Waals surface area contributed by atoms with E-state index in [2.05, 4.69) is 0 Å². The predicted octanol–water partition coefficient (Wildman–Crippen LogP) is 3.62. The van der Waals surface area contributed by atoms with Crippen molar-refractivity contribution in [3.05, 3.63) is 66.2 Å². The Bertz CT molecular complexity index is 1060. The molecule has 0 fully saturated rings. The van der Waals surface area contributed by atoms with Crippen molar-refractivity contribution < 1.29 is 24.2 Å². The molecule has 1 amide bonds. The number of amides is 1. The summed E-state index contributed by atoms with van der Waals surface area (Å²) in [7, 11) is 0. The fourth-order valence-corrected chi connectivity index (χ4v) is 3.25. The number of anilines is 1. The minimum atomic E-state index is -1.08. The second kappa shape index (κ2) is 7.23. The molecule has 28 heavy (non-hydrogen) atoms. The number of carbonyl (C=O) groups excluding carboxylic acids is 1. The van der Waals surface area contributed by atoms with Crippen molar-refractivity contribution in [1.29, 1.82) is 0 Å². The van der Waals surface area contributed by atoms with Crippen molar-refractivity contribution in [1.82, 2.24) is 0 Å². The third-order valence-corrected chi connectivity index (χ3v) is 4.69. The fourth-order valence-electron chi connectivity index (χ4n) is 3.25. The van der Waals surface area contributed by atoms with E-state index < -0.39 is 12.1 Å². The molecule has 6 nitrogen and oxygen atoms in total. The molecule has 6 heteroatoms. The third-order valence-electron chi connectivity index (χ3n) is 4.69. The Kier molecular flexibility index (Phi) is 4.61. The number of benzene rings is 3. The van der Waals surface area contributed by atoms with Crippen LogP contribution >= 0.6 is 0 Å². The van der Waals surface area contributed by atoms with Crippen LogP contribution in [0, 0.1) is 0 Å². The average Bonchev–Trinajstić information content (AvgIpc) is 2.70. The Balaban J connectivity index is 1.71. The van der Waals surface area contributed by atoms with Crippen LogP contribution in [0.5, 0.6) is 11.5 Å². The molecule has 1 aliphatic heterocycles. The summed E-state index contributed by atoms with van der Waals surface area (Å²) in [4.78, 5) is 25.4. The van der Waals surface area contributed by atoms with Crippen LogP contribution in [0.15, 0.2) is 60.7 Å². The summed E-state index contributed by atoms with van der Waals surface area (Å²) in [5.74, 6) is -0.488. The van der Waals surface area contributed by atoms with Gasteiger partial charge in [-0.15, -0.1) is 0 Å². The second-order valence-electron chi connectivity index (χ2n) is 6.65. The molecule has 0 aromatic heterocycles. The molecule has 0 radical (unpaired) electrons. The minimum absolute atomic E-state index is 0.0709. The first-order valence-electron chi connectivity index (χ1n) is 8.96. The average molecular weight is 377 g/mol. The topological polar surface area (TPSA) is 76.1 Å². The number of aliphatic carboxylic acids is 1. The van der Waals surface area contributed by atoms with E-state index in [9.17, 15) is 9.59 Å². The molecule has 3 aromatic carbocycles. The highest BCUT2D eigenvalue weighted by Crippen LogP contribution is 2.41. The number of fused-ring (bicyclic) bond motifs is 2. The largest absolute Gasteiger partial charge is 0.481 e. The van der Waals surface area contributed by atoms with E-state index in [-0.39, 0.29) is 12.5 Å². The summed E-state index contributed by atoms with van der Waals surface area (Å²) in [6.45, 7) is 1.71. The van der Waals surface area contributed by atoms with Gasteiger partial charge in [0.15, 0.2) is 12.7 Å². The molecule has 3 aromatic rings. The minimum Gasteiger partial charge on any atom is -0.481 e. The molecule has 1 aliphatic rings. The lowest BCUT2D eigenvalue weighted by Gasteiger charge is -2.31. The summed E-state index contributed by atoms with van der Waals surface area (Å²) in [6.07, 6.45) is -1.05. The Morgan fingerprint density at radius 1 is 1.14 bits per heavy atom. The maximum atomic E-state index is 12.6. The first kappa shape index (κ1) is 17.9. The fraction of sp³-hybridized carbons (Fsp3) is 0.182. The molecular weight excluding hydrogens is 358 g/mol. The van der Waals surface area contributed by atoms with Gasteiger partial charge in [-0.25, -0.2) is 4.79 Å². The Morgan fingerprint density at radius 2 is 1.93 bits per heavy atom. The van der Waals surface area contributed by atoms with Gasteiger partial charge >= 0.3 is 5.97 Å². The van der Waals surface area contributed by atoms with Gasteiger partial charge in [0, 0.05) is 0 Å². The Labute approximate surface area is 161 Å². The number of hydrogen-bond donors (Lipinski definition) is 1. The summed E-state index contributed by atoms with van der Waals surface area (Å²) < 4.78 is 11.1. The van der Waals surface area contributed by atoms with Crippen molar-refractivity contribution >= 4 is 28.3 Å². The van der Waals surface area contributed by atoms with Gasteiger partial charge in [-0.1, -0.05) is 42.5 Å². The standard InChI is InChI=1S/C22H19NO5/c1-14(22(25)26)28-19-8-4-7-18-21(19)23(20(24)13-27-18)12-15-9-10-16-5-2-3-6-17(16)11-15/h2-11,14H,12-13H2,1H3,(H,25,26). The Hall–Kier alpha value is -3.54. The summed E-state index contributed by atoms with van der Waals surface area (Å²) in [5, 5.41) is 11.4. The maximum absolute atomic E-state index is 12.6.